The van der Waals surface area contributed by atoms with Crippen molar-refractivity contribution in [2.45, 2.75) is 0 Å². The molecule has 0 atom stereocenters. The number of carbonyl (C=O) groups is 1. The molecule has 0 saturated carbocycles. The predicted molar refractivity (Wildman–Crippen MR) is 52.6 cm³/mol. The largest absolute Gasteiger partial charge is 0.493 e. The monoisotopic (exact) mass is 204 g/mol. The Bertz CT molecular complexity index is 505. The summed E-state index contributed by atoms with van der Waals surface area (Å²) in [5.74, 6) is -0.780. The Hall–Kier alpha value is -2.30. The minimum Gasteiger partial charge on any atom is -0.493 e. The number of rotatable bonds is 2. The van der Waals surface area contributed by atoms with Crippen molar-refractivity contribution in [1.29, 1.82) is 0 Å². The van der Waals surface area contributed by atoms with E-state index in [9.17, 15) is 4.79 Å². The van der Waals surface area contributed by atoms with E-state index in [1.165, 1.54) is 12.3 Å². The van der Waals surface area contributed by atoms with Crippen LogP contribution in [0.2, 0.25) is 0 Å². The number of aromatic nitrogens is 2. The smallest absolute Gasteiger partial charge is 0.336 e. The molecule has 1 aromatic heterocycles. The van der Waals surface area contributed by atoms with Crippen molar-refractivity contribution in [1.82, 2.24) is 9.97 Å². The van der Waals surface area contributed by atoms with Crippen LogP contribution in [0, 0.1) is 0 Å². The van der Waals surface area contributed by atoms with Gasteiger partial charge in [-0.1, -0.05) is 18.2 Å². The quantitative estimate of drug-likeness (QED) is 0.691. The van der Waals surface area contributed by atoms with Gasteiger partial charge in [0.15, 0.2) is 0 Å². The van der Waals surface area contributed by atoms with Crippen molar-refractivity contribution in [3.8, 4) is 17.3 Å². The fourth-order valence-corrected chi connectivity index (χ4v) is 1.32. The number of carboxylic acid groups (broad SMARTS) is 1. The maximum atomic E-state index is 10.9. The minimum absolute atomic E-state index is 0.0924. The van der Waals surface area contributed by atoms with E-state index in [1.54, 1.807) is 18.2 Å². The molecule has 0 radical (unpaired) electrons. The number of nitrogens with zero attached hydrogens (tertiary/aromatic N) is 1. The van der Waals surface area contributed by atoms with Crippen LogP contribution in [0.5, 0.6) is 5.88 Å². The van der Waals surface area contributed by atoms with Crippen LogP contribution in [-0.2, 0) is 0 Å². The van der Waals surface area contributed by atoms with Crippen molar-refractivity contribution in [2.24, 2.45) is 0 Å². The molecule has 0 aliphatic carbocycles. The molecule has 2 aromatic rings. The zero-order valence-electron chi connectivity index (χ0n) is 7.64. The Balaban J connectivity index is 2.57. The van der Waals surface area contributed by atoms with Crippen molar-refractivity contribution in [2.75, 3.05) is 0 Å². The van der Waals surface area contributed by atoms with Crippen molar-refractivity contribution >= 4 is 5.97 Å². The number of aromatic hydroxyl groups is 1. The fourth-order valence-electron chi connectivity index (χ4n) is 1.32. The van der Waals surface area contributed by atoms with Gasteiger partial charge in [0.1, 0.15) is 5.82 Å². The van der Waals surface area contributed by atoms with Gasteiger partial charge in [-0.3, -0.25) is 0 Å². The number of H-pyrrole nitrogens is 1. The summed E-state index contributed by atoms with van der Waals surface area (Å²) < 4.78 is 0. The van der Waals surface area contributed by atoms with Gasteiger partial charge in [0, 0.05) is 5.56 Å². The maximum Gasteiger partial charge on any atom is 0.336 e. The summed E-state index contributed by atoms with van der Waals surface area (Å²) in [6, 6.07) is 6.45. The molecule has 0 aliphatic rings. The Morgan fingerprint density at radius 1 is 1.33 bits per heavy atom. The van der Waals surface area contributed by atoms with E-state index in [-0.39, 0.29) is 11.4 Å². The molecule has 0 amide bonds. The van der Waals surface area contributed by atoms with Gasteiger partial charge in [-0.2, -0.15) is 0 Å². The Morgan fingerprint density at radius 3 is 2.67 bits per heavy atom. The first-order valence-corrected chi connectivity index (χ1v) is 4.25. The molecule has 0 fully saturated rings. The first-order chi connectivity index (χ1) is 7.18. The SMILES string of the molecule is O=C(O)c1ccccc1-c1ncc(O)[nH]1. The van der Waals surface area contributed by atoms with Crippen LogP contribution in [-0.4, -0.2) is 26.2 Å². The lowest BCUT2D eigenvalue weighted by Gasteiger charge is -2.01. The molecular formula is C10H8N2O3. The lowest BCUT2D eigenvalue weighted by atomic mass is 10.1. The minimum atomic E-state index is -1.03. The molecule has 1 heterocycles. The summed E-state index contributed by atoms with van der Waals surface area (Å²) in [5, 5.41) is 18.0. The van der Waals surface area contributed by atoms with Crippen LogP contribution >= 0.6 is 0 Å². The summed E-state index contributed by atoms with van der Waals surface area (Å²) in [4.78, 5) is 17.3. The number of benzene rings is 1. The standard InChI is InChI=1S/C10H8N2O3/c13-8-5-11-9(12-8)6-3-1-2-4-7(6)10(14)15/h1-5,13H,(H,11,12)(H,14,15). The number of carboxylic acids is 1. The first kappa shape index (κ1) is 9.26. The van der Waals surface area contributed by atoms with E-state index < -0.39 is 5.97 Å². The second-order valence-corrected chi connectivity index (χ2v) is 2.97. The normalized spacial score (nSPS) is 10.1. The number of imidazole rings is 1. The van der Waals surface area contributed by atoms with Gasteiger partial charge in [-0.25, -0.2) is 9.78 Å². The van der Waals surface area contributed by atoms with Gasteiger partial charge in [0.2, 0.25) is 5.88 Å². The van der Waals surface area contributed by atoms with Crippen LogP contribution in [0.3, 0.4) is 0 Å². The van der Waals surface area contributed by atoms with Gasteiger partial charge in [-0.15, -0.1) is 0 Å². The molecule has 5 heteroatoms. The molecule has 2 rings (SSSR count). The summed E-state index contributed by atoms with van der Waals surface area (Å²) in [6.45, 7) is 0. The highest BCUT2D eigenvalue weighted by Gasteiger charge is 2.12. The van der Waals surface area contributed by atoms with E-state index in [4.69, 9.17) is 10.2 Å². The summed E-state index contributed by atoms with van der Waals surface area (Å²) in [6.07, 6.45) is 1.23. The van der Waals surface area contributed by atoms with E-state index in [0.29, 0.717) is 11.4 Å². The van der Waals surface area contributed by atoms with Crippen LogP contribution in [0.4, 0.5) is 0 Å². The lowest BCUT2D eigenvalue weighted by molar-refractivity contribution is 0.0697. The molecule has 0 spiro atoms. The highest BCUT2D eigenvalue weighted by molar-refractivity contribution is 5.94. The lowest BCUT2D eigenvalue weighted by Crippen LogP contribution is -1.99. The van der Waals surface area contributed by atoms with E-state index in [1.807, 2.05) is 0 Å². The third-order valence-electron chi connectivity index (χ3n) is 1.97. The number of aromatic amines is 1. The van der Waals surface area contributed by atoms with Crippen molar-refractivity contribution in [3.05, 3.63) is 36.0 Å². The van der Waals surface area contributed by atoms with Gasteiger partial charge >= 0.3 is 5.97 Å². The third-order valence-corrected chi connectivity index (χ3v) is 1.97. The molecule has 0 aliphatic heterocycles. The van der Waals surface area contributed by atoms with Crippen LogP contribution in [0.15, 0.2) is 30.5 Å². The van der Waals surface area contributed by atoms with Gasteiger partial charge in [0.25, 0.3) is 0 Å². The molecule has 0 saturated heterocycles. The molecule has 1 aromatic carbocycles. The van der Waals surface area contributed by atoms with Crippen molar-refractivity contribution < 1.29 is 15.0 Å². The van der Waals surface area contributed by atoms with E-state index in [0.717, 1.165) is 0 Å². The summed E-state index contributed by atoms with van der Waals surface area (Å²) >= 11 is 0. The number of hydrogen-bond acceptors (Lipinski definition) is 3. The number of nitrogens with one attached hydrogen (secondary N) is 1. The summed E-state index contributed by atoms with van der Waals surface area (Å²) in [5.41, 5.74) is 0.595. The molecular weight excluding hydrogens is 196 g/mol. The molecule has 0 bridgehead atoms. The number of hydrogen-bond donors (Lipinski definition) is 3. The molecule has 76 valence electrons. The Morgan fingerprint density at radius 2 is 2.07 bits per heavy atom. The van der Waals surface area contributed by atoms with Gasteiger partial charge in [0.05, 0.1) is 11.8 Å². The van der Waals surface area contributed by atoms with Crippen LogP contribution in [0.25, 0.3) is 11.4 Å². The third kappa shape index (κ3) is 1.67. The Labute approximate surface area is 85.0 Å². The maximum absolute atomic E-state index is 10.9. The van der Waals surface area contributed by atoms with Crippen LogP contribution in [0.1, 0.15) is 10.4 Å². The molecule has 3 N–H and O–H groups in total. The zero-order chi connectivity index (χ0) is 10.8. The zero-order valence-corrected chi connectivity index (χ0v) is 7.64. The fraction of sp³-hybridized carbons (Fsp3) is 0. The molecule has 0 unspecified atom stereocenters. The number of aromatic carboxylic acids is 1. The average molecular weight is 204 g/mol. The topological polar surface area (TPSA) is 86.2 Å². The second kappa shape index (κ2) is 3.45. The van der Waals surface area contributed by atoms with Gasteiger partial charge in [-0.05, 0) is 6.07 Å². The average Bonchev–Trinajstić information content (AvgIpc) is 2.65. The Kier molecular flexibility index (Phi) is 2.13. The van der Waals surface area contributed by atoms with E-state index in [2.05, 4.69) is 9.97 Å². The highest BCUT2D eigenvalue weighted by Crippen LogP contribution is 2.22. The summed E-state index contributed by atoms with van der Waals surface area (Å²) in [7, 11) is 0. The first-order valence-electron chi connectivity index (χ1n) is 4.25. The molecule has 15 heavy (non-hydrogen) atoms. The van der Waals surface area contributed by atoms with Crippen LogP contribution < -0.4 is 0 Å². The second-order valence-electron chi connectivity index (χ2n) is 2.97. The van der Waals surface area contributed by atoms with Gasteiger partial charge < -0.3 is 15.2 Å². The van der Waals surface area contributed by atoms with Crippen molar-refractivity contribution in [3.63, 3.8) is 0 Å². The predicted octanol–water partition coefficient (Wildman–Crippen LogP) is 1.48. The highest BCUT2D eigenvalue weighted by atomic mass is 16.4. The molecule has 5 nitrogen and oxygen atoms in total. The van der Waals surface area contributed by atoms with E-state index >= 15 is 0 Å².